The Morgan fingerprint density at radius 1 is 1.52 bits per heavy atom. The van der Waals surface area contributed by atoms with Crippen LogP contribution >= 0.6 is 12.4 Å². The number of rotatable bonds is 9. The lowest BCUT2D eigenvalue weighted by molar-refractivity contribution is -0.143. The lowest BCUT2D eigenvalue weighted by Gasteiger charge is -2.33. The Bertz CT molecular complexity index is 418. The first kappa shape index (κ1) is 21.4. The highest BCUT2D eigenvalue weighted by molar-refractivity contribution is 5.90. The molecule has 0 aromatic heterocycles. The van der Waals surface area contributed by atoms with E-state index < -0.39 is 12.0 Å². The van der Waals surface area contributed by atoms with Crippen molar-refractivity contribution in [1.29, 1.82) is 0 Å². The third-order valence-electron chi connectivity index (χ3n) is 3.34. The van der Waals surface area contributed by atoms with Gasteiger partial charge in [-0.05, 0) is 19.8 Å². The monoisotopic (exact) mass is 347 g/mol. The van der Waals surface area contributed by atoms with E-state index in [9.17, 15) is 14.4 Å². The van der Waals surface area contributed by atoms with Crippen molar-refractivity contribution in [2.24, 2.45) is 0 Å². The van der Waals surface area contributed by atoms with Gasteiger partial charge in [0.25, 0.3) is 0 Å². The molecule has 0 spiro atoms. The molecule has 1 fully saturated rings. The fourth-order valence-corrected chi connectivity index (χ4v) is 2.24. The van der Waals surface area contributed by atoms with Gasteiger partial charge in [-0.15, -0.1) is 19.0 Å². The van der Waals surface area contributed by atoms with Crippen molar-refractivity contribution >= 4 is 30.2 Å². The van der Waals surface area contributed by atoms with Crippen LogP contribution in [-0.4, -0.2) is 61.5 Å². The van der Waals surface area contributed by atoms with E-state index in [0.29, 0.717) is 19.6 Å². The zero-order valence-electron chi connectivity index (χ0n) is 13.5. The highest BCUT2D eigenvalue weighted by Gasteiger charge is 2.29. The summed E-state index contributed by atoms with van der Waals surface area (Å²) in [6.07, 6.45) is 3.59. The Morgan fingerprint density at radius 2 is 2.26 bits per heavy atom. The molecule has 132 valence electrons. The van der Waals surface area contributed by atoms with Crippen molar-refractivity contribution in [3.63, 3.8) is 0 Å². The number of hydrogen-bond donors (Lipinski definition) is 2. The second-order valence-corrected chi connectivity index (χ2v) is 5.05. The molecule has 2 amide bonds. The van der Waals surface area contributed by atoms with Gasteiger partial charge >= 0.3 is 5.97 Å². The summed E-state index contributed by atoms with van der Waals surface area (Å²) in [5.41, 5.74) is 0. The van der Waals surface area contributed by atoms with Gasteiger partial charge in [-0.3, -0.25) is 14.4 Å². The normalized spacial score (nSPS) is 17.2. The standard InChI is InChI=1S/C15H25N3O4.ClH/c1-3-5-6-8-18-9-7-16-12(15(18)21)10-13(19)17-11-14(20)22-4-2;/h3,12,16H,1,4-11H2,2H3,(H,17,19);1H. The fourth-order valence-electron chi connectivity index (χ4n) is 2.24. The van der Waals surface area contributed by atoms with E-state index in [2.05, 4.69) is 17.2 Å². The number of carbonyl (C=O) groups excluding carboxylic acids is 3. The molecule has 1 heterocycles. The molecule has 1 aliphatic heterocycles. The number of piperazine rings is 1. The summed E-state index contributed by atoms with van der Waals surface area (Å²) in [4.78, 5) is 37.0. The summed E-state index contributed by atoms with van der Waals surface area (Å²) < 4.78 is 4.72. The summed E-state index contributed by atoms with van der Waals surface area (Å²) in [7, 11) is 0. The minimum Gasteiger partial charge on any atom is -0.465 e. The summed E-state index contributed by atoms with van der Waals surface area (Å²) in [5.74, 6) is -0.890. The lowest BCUT2D eigenvalue weighted by atomic mass is 10.1. The van der Waals surface area contributed by atoms with Gasteiger partial charge in [0.1, 0.15) is 6.54 Å². The van der Waals surface area contributed by atoms with Crippen LogP contribution in [0.1, 0.15) is 26.2 Å². The second-order valence-electron chi connectivity index (χ2n) is 5.05. The van der Waals surface area contributed by atoms with Crippen LogP contribution in [0.5, 0.6) is 0 Å². The van der Waals surface area contributed by atoms with Gasteiger partial charge in [0.15, 0.2) is 0 Å². The molecule has 0 aliphatic carbocycles. The maximum Gasteiger partial charge on any atom is 0.325 e. The Morgan fingerprint density at radius 3 is 2.91 bits per heavy atom. The number of nitrogens with one attached hydrogen (secondary N) is 2. The lowest BCUT2D eigenvalue weighted by Crippen LogP contribution is -2.56. The van der Waals surface area contributed by atoms with Crippen LogP contribution in [0.15, 0.2) is 12.7 Å². The second kappa shape index (κ2) is 11.9. The van der Waals surface area contributed by atoms with Crippen LogP contribution in [-0.2, 0) is 19.1 Å². The first-order valence-corrected chi connectivity index (χ1v) is 7.63. The number of amides is 2. The van der Waals surface area contributed by atoms with E-state index in [4.69, 9.17) is 4.74 Å². The molecule has 0 saturated carbocycles. The molecule has 7 nitrogen and oxygen atoms in total. The molecule has 23 heavy (non-hydrogen) atoms. The molecule has 0 radical (unpaired) electrons. The van der Waals surface area contributed by atoms with Crippen LogP contribution in [0.4, 0.5) is 0 Å². The molecule has 8 heteroatoms. The van der Waals surface area contributed by atoms with E-state index in [-0.39, 0.29) is 43.8 Å². The number of unbranched alkanes of at least 4 members (excludes halogenated alkanes) is 1. The van der Waals surface area contributed by atoms with Crippen molar-refractivity contribution in [2.45, 2.75) is 32.2 Å². The van der Waals surface area contributed by atoms with Gasteiger partial charge in [-0.1, -0.05) is 6.08 Å². The zero-order valence-corrected chi connectivity index (χ0v) is 14.3. The fraction of sp³-hybridized carbons (Fsp3) is 0.667. The SMILES string of the molecule is C=CCCCN1CCNC(CC(=O)NCC(=O)OCC)C1=O.Cl. The van der Waals surface area contributed by atoms with Gasteiger partial charge in [-0.2, -0.15) is 0 Å². The number of hydrogen-bond acceptors (Lipinski definition) is 5. The summed E-state index contributed by atoms with van der Waals surface area (Å²) in [6, 6.07) is -0.528. The predicted molar refractivity (Wildman–Crippen MR) is 89.3 cm³/mol. The smallest absolute Gasteiger partial charge is 0.325 e. The summed E-state index contributed by atoms with van der Waals surface area (Å²) in [6.45, 7) is 7.45. The first-order valence-electron chi connectivity index (χ1n) is 7.63. The number of allylic oxidation sites excluding steroid dienone is 1. The average molecular weight is 348 g/mol. The Kier molecular flexibility index (Phi) is 11.1. The van der Waals surface area contributed by atoms with Crippen molar-refractivity contribution in [3.8, 4) is 0 Å². The number of nitrogens with zero attached hydrogens (tertiary/aromatic N) is 1. The number of carbonyl (C=O) groups is 3. The molecule has 1 saturated heterocycles. The number of ether oxygens (including phenoxy) is 1. The quantitative estimate of drug-likeness (QED) is 0.354. The van der Waals surface area contributed by atoms with Crippen LogP contribution < -0.4 is 10.6 Å². The molecule has 1 aliphatic rings. The first-order chi connectivity index (χ1) is 10.6. The average Bonchev–Trinajstić information content (AvgIpc) is 2.49. The summed E-state index contributed by atoms with van der Waals surface area (Å²) in [5, 5.41) is 5.51. The summed E-state index contributed by atoms with van der Waals surface area (Å²) >= 11 is 0. The Labute approximate surface area is 143 Å². The Hall–Kier alpha value is -1.60. The minimum atomic E-state index is -0.528. The maximum absolute atomic E-state index is 12.3. The van der Waals surface area contributed by atoms with Gasteiger partial charge in [0.05, 0.1) is 19.1 Å². The molecule has 0 aromatic rings. The van der Waals surface area contributed by atoms with E-state index >= 15 is 0 Å². The van der Waals surface area contributed by atoms with Gasteiger partial charge in [0.2, 0.25) is 11.8 Å². The third kappa shape index (κ3) is 7.99. The van der Waals surface area contributed by atoms with E-state index in [1.165, 1.54) is 0 Å². The van der Waals surface area contributed by atoms with Crippen LogP contribution in [0.2, 0.25) is 0 Å². The largest absolute Gasteiger partial charge is 0.465 e. The van der Waals surface area contributed by atoms with Crippen molar-refractivity contribution in [2.75, 3.05) is 32.8 Å². The molecule has 2 N–H and O–H groups in total. The number of esters is 1. The molecule has 1 atom stereocenters. The molecule has 1 rings (SSSR count). The van der Waals surface area contributed by atoms with Crippen LogP contribution in [0.3, 0.4) is 0 Å². The van der Waals surface area contributed by atoms with E-state index in [1.54, 1.807) is 11.8 Å². The van der Waals surface area contributed by atoms with Crippen LogP contribution in [0, 0.1) is 0 Å². The van der Waals surface area contributed by atoms with Crippen molar-refractivity contribution in [1.82, 2.24) is 15.5 Å². The molecule has 1 unspecified atom stereocenters. The van der Waals surface area contributed by atoms with Crippen molar-refractivity contribution < 1.29 is 19.1 Å². The molecular formula is C15H26ClN3O4. The van der Waals surface area contributed by atoms with Gasteiger partial charge < -0.3 is 20.3 Å². The van der Waals surface area contributed by atoms with E-state index in [1.807, 2.05) is 6.08 Å². The third-order valence-corrected chi connectivity index (χ3v) is 3.34. The minimum absolute atomic E-state index is 0. The zero-order chi connectivity index (χ0) is 16.4. The predicted octanol–water partition coefficient (Wildman–Crippen LogP) is 0.244. The molecule has 0 aromatic carbocycles. The van der Waals surface area contributed by atoms with Crippen LogP contribution in [0.25, 0.3) is 0 Å². The Balaban J connectivity index is 0.00000484. The maximum atomic E-state index is 12.3. The topological polar surface area (TPSA) is 87.7 Å². The molecular weight excluding hydrogens is 322 g/mol. The van der Waals surface area contributed by atoms with Gasteiger partial charge in [-0.25, -0.2) is 0 Å². The highest BCUT2D eigenvalue weighted by atomic mass is 35.5. The van der Waals surface area contributed by atoms with E-state index in [0.717, 1.165) is 12.8 Å². The number of halogens is 1. The molecule has 0 bridgehead atoms. The van der Waals surface area contributed by atoms with Gasteiger partial charge in [0, 0.05) is 19.6 Å². The highest BCUT2D eigenvalue weighted by Crippen LogP contribution is 2.07. The van der Waals surface area contributed by atoms with Crippen molar-refractivity contribution in [3.05, 3.63) is 12.7 Å².